The molecule has 30 heavy (non-hydrogen) atoms. The summed E-state index contributed by atoms with van der Waals surface area (Å²) in [5.74, 6) is -0.0804. The largest absolute Gasteiger partial charge is 0.326 e. The molecule has 1 amide bonds. The maximum absolute atomic E-state index is 12.4. The highest BCUT2D eigenvalue weighted by Gasteiger charge is 2.07. The van der Waals surface area contributed by atoms with E-state index < -0.39 is 0 Å². The van der Waals surface area contributed by atoms with Crippen molar-refractivity contribution in [3.63, 3.8) is 0 Å². The molecule has 150 valence electrons. The number of aryl methyl sites for hydroxylation is 2. The van der Waals surface area contributed by atoms with Crippen LogP contribution >= 0.6 is 11.8 Å². The Labute approximate surface area is 177 Å². The third-order valence-corrected chi connectivity index (χ3v) is 5.10. The first-order valence-electron chi connectivity index (χ1n) is 9.27. The maximum atomic E-state index is 12.4. The molecule has 0 aliphatic carbocycles. The van der Waals surface area contributed by atoms with E-state index in [2.05, 4.69) is 30.8 Å². The van der Waals surface area contributed by atoms with Crippen LogP contribution in [-0.4, -0.2) is 36.1 Å². The number of carbonyl (C=O) groups is 1. The van der Waals surface area contributed by atoms with E-state index in [4.69, 9.17) is 0 Å². The van der Waals surface area contributed by atoms with E-state index in [-0.39, 0.29) is 12.3 Å². The van der Waals surface area contributed by atoms with E-state index in [1.54, 1.807) is 4.68 Å². The lowest BCUT2D eigenvalue weighted by atomic mass is 10.1. The first-order chi connectivity index (χ1) is 14.5. The van der Waals surface area contributed by atoms with Gasteiger partial charge >= 0.3 is 0 Å². The van der Waals surface area contributed by atoms with E-state index in [0.717, 1.165) is 38.4 Å². The minimum absolute atomic E-state index is 0.0804. The topological polar surface area (TPSA) is 98.5 Å². The normalized spacial score (nSPS) is 10.7. The minimum atomic E-state index is -0.0804. The van der Waals surface area contributed by atoms with Gasteiger partial charge in [0.2, 0.25) is 5.91 Å². The van der Waals surface area contributed by atoms with E-state index in [1.807, 2.05) is 68.4 Å². The number of nitrogens with zero attached hydrogens (tertiary/aromatic N) is 6. The molecule has 0 atom stereocenters. The summed E-state index contributed by atoms with van der Waals surface area (Å²) in [6.45, 7) is 3.91. The van der Waals surface area contributed by atoms with Gasteiger partial charge in [-0.15, -0.1) is 5.10 Å². The molecule has 0 aliphatic heterocycles. The predicted molar refractivity (Wildman–Crippen MR) is 114 cm³/mol. The third-order valence-electron chi connectivity index (χ3n) is 4.22. The van der Waals surface area contributed by atoms with Crippen LogP contribution in [-0.2, 0) is 11.2 Å². The molecular weight excluding hydrogens is 398 g/mol. The summed E-state index contributed by atoms with van der Waals surface area (Å²) in [5.41, 5.74) is 4.38. The fraction of sp³-hybridized carbons (Fsp3) is 0.143. The molecule has 2 aromatic heterocycles. The number of aromatic nitrogens is 6. The molecule has 0 saturated heterocycles. The Morgan fingerprint density at radius 1 is 1.00 bits per heavy atom. The molecule has 0 radical (unpaired) electrons. The molecule has 2 aromatic carbocycles. The summed E-state index contributed by atoms with van der Waals surface area (Å²) in [5, 5.41) is 14.7. The number of carbonyl (C=O) groups excluding carboxylic acids is 1. The second-order valence-corrected chi connectivity index (χ2v) is 7.75. The summed E-state index contributed by atoms with van der Waals surface area (Å²) in [6, 6.07) is 17.1. The first-order valence-corrected chi connectivity index (χ1v) is 10.1. The van der Waals surface area contributed by atoms with Crippen LogP contribution in [0, 0.1) is 13.8 Å². The third kappa shape index (κ3) is 5.06. The fourth-order valence-corrected chi connectivity index (χ4v) is 3.75. The zero-order chi connectivity index (χ0) is 20.9. The van der Waals surface area contributed by atoms with Gasteiger partial charge in [0.05, 0.1) is 12.1 Å². The van der Waals surface area contributed by atoms with E-state index in [0.29, 0.717) is 0 Å². The average Bonchev–Trinajstić information content (AvgIpc) is 3.24. The Morgan fingerprint density at radius 3 is 2.33 bits per heavy atom. The second-order valence-electron chi connectivity index (χ2n) is 6.71. The van der Waals surface area contributed by atoms with Crippen LogP contribution in [0.2, 0.25) is 0 Å². The molecular formula is C21H19N7OS. The molecule has 0 fully saturated rings. The summed E-state index contributed by atoms with van der Waals surface area (Å²) >= 11 is 1.50. The predicted octanol–water partition coefficient (Wildman–Crippen LogP) is 3.40. The van der Waals surface area contributed by atoms with E-state index in [9.17, 15) is 4.79 Å². The van der Waals surface area contributed by atoms with Gasteiger partial charge in [0.25, 0.3) is 0 Å². The average molecular weight is 417 g/mol. The Morgan fingerprint density at radius 2 is 1.70 bits per heavy atom. The van der Waals surface area contributed by atoms with Gasteiger partial charge in [-0.25, -0.2) is 14.6 Å². The summed E-state index contributed by atoms with van der Waals surface area (Å²) in [6.07, 6.45) is 1.80. The summed E-state index contributed by atoms with van der Waals surface area (Å²) in [4.78, 5) is 22.3. The molecule has 0 aliphatic rings. The smallest absolute Gasteiger partial charge is 0.228 e. The van der Waals surface area contributed by atoms with Gasteiger partial charge in [0.15, 0.2) is 5.16 Å². The van der Waals surface area contributed by atoms with Gasteiger partial charge in [-0.1, -0.05) is 12.1 Å². The lowest BCUT2D eigenvalue weighted by molar-refractivity contribution is -0.115. The van der Waals surface area contributed by atoms with Gasteiger partial charge in [-0.3, -0.25) is 4.79 Å². The Hall–Kier alpha value is -3.59. The monoisotopic (exact) mass is 417 g/mol. The highest BCUT2D eigenvalue weighted by atomic mass is 32.2. The number of tetrazole rings is 1. The summed E-state index contributed by atoms with van der Waals surface area (Å²) in [7, 11) is 0. The Bertz CT molecular complexity index is 1120. The molecule has 2 heterocycles. The second kappa shape index (κ2) is 8.83. The van der Waals surface area contributed by atoms with Crippen LogP contribution in [0.3, 0.4) is 0 Å². The number of nitrogens with one attached hydrogen (secondary N) is 1. The quantitative estimate of drug-likeness (QED) is 0.480. The van der Waals surface area contributed by atoms with Gasteiger partial charge in [-0.2, -0.15) is 0 Å². The number of hydrogen-bond donors (Lipinski definition) is 1. The number of anilines is 1. The Balaban J connectivity index is 1.34. The minimum Gasteiger partial charge on any atom is -0.326 e. The molecule has 0 bridgehead atoms. The molecule has 0 unspecified atom stereocenters. The Kier molecular flexibility index (Phi) is 5.80. The van der Waals surface area contributed by atoms with Gasteiger partial charge < -0.3 is 5.32 Å². The molecule has 1 N–H and O–H groups in total. The van der Waals surface area contributed by atoms with E-state index >= 15 is 0 Å². The summed E-state index contributed by atoms with van der Waals surface area (Å²) < 4.78 is 1.56. The van der Waals surface area contributed by atoms with Crippen LogP contribution in [0.4, 0.5) is 5.69 Å². The highest BCUT2D eigenvalue weighted by Crippen LogP contribution is 2.26. The van der Waals surface area contributed by atoms with Crippen LogP contribution in [0.15, 0.2) is 71.0 Å². The van der Waals surface area contributed by atoms with Crippen molar-refractivity contribution >= 4 is 23.4 Å². The highest BCUT2D eigenvalue weighted by molar-refractivity contribution is 7.99. The van der Waals surface area contributed by atoms with Gasteiger partial charge in [-0.05, 0) is 84.1 Å². The zero-order valence-electron chi connectivity index (χ0n) is 16.5. The lowest BCUT2D eigenvalue weighted by Gasteiger charge is -2.07. The zero-order valence-corrected chi connectivity index (χ0v) is 17.3. The van der Waals surface area contributed by atoms with Crippen molar-refractivity contribution in [3.05, 3.63) is 77.9 Å². The number of hydrogen-bond acceptors (Lipinski definition) is 7. The molecule has 0 saturated carbocycles. The van der Waals surface area contributed by atoms with Crippen molar-refractivity contribution in [1.29, 1.82) is 0 Å². The molecule has 0 spiro atoms. The molecule has 9 heteroatoms. The number of benzene rings is 2. The van der Waals surface area contributed by atoms with Crippen LogP contribution in [0.1, 0.15) is 17.0 Å². The fourth-order valence-electron chi connectivity index (χ4n) is 2.89. The van der Waals surface area contributed by atoms with Crippen LogP contribution in [0.25, 0.3) is 5.69 Å². The lowest BCUT2D eigenvalue weighted by Crippen LogP contribution is -2.14. The van der Waals surface area contributed by atoms with E-state index in [1.165, 1.54) is 18.1 Å². The van der Waals surface area contributed by atoms with Crippen LogP contribution < -0.4 is 5.32 Å². The first kappa shape index (κ1) is 19.7. The van der Waals surface area contributed by atoms with Crippen LogP contribution in [0.5, 0.6) is 0 Å². The maximum Gasteiger partial charge on any atom is 0.228 e. The van der Waals surface area contributed by atoms with Crippen molar-refractivity contribution in [2.45, 2.75) is 30.3 Å². The van der Waals surface area contributed by atoms with Gasteiger partial charge in [0, 0.05) is 22.0 Å². The van der Waals surface area contributed by atoms with Crippen molar-refractivity contribution in [1.82, 2.24) is 30.2 Å². The molecule has 4 aromatic rings. The standard InChI is InChI=1S/C21H19N7OS/c1-14-11-15(2)24-21(23-14)30-19-9-5-17(6-10-19)25-20(29)12-16-3-7-18(8-4-16)28-13-22-26-27-28/h3-11,13H,12H2,1-2H3,(H,25,29). The van der Waals surface area contributed by atoms with Crippen molar-refractivity contribution in [3.8, 4) is 5.69 Å². The van der Waals surface area contributed by atoms with Crippen molar-refractivity contribution < 1.29 is 4.79 Å². The number of rotatable bonds is 6. The van der Waals surface area contributed by atoms with Gasteiger partial charge in [0.1, 0.15) is 6.33 Å². The molecule has 8 nitrogen and oxygen atoms in total. The molecule has 4 rings (SSSR count). The van der Waals surface area contributed by atoms with Crippen molar-refractivity contribution in [2.75, 3.05) is 5.32 Å². The SMILES string of the molecule is Cc1cc(C)nc(Sc2ccc(NC(=O)Cc3ccc(-n4cnnn4)cc3)cc2)n1. The number of amides is 1. The van der Waals surface area contributed by atoms with Crippen molar-refractivity contribution in [2.24, 2.45) is 0 Å².